The SMILES string of the molecule is CCCc1ccc(CN2CCCC[C@@H]2c2cc(Nc3ccc(C#N)nc3)nc(C)n2)o1. The van der Waals surface area contributed by atoms with Gasteiger partial charge in [0.05, 0.1) is 30.2 Å². The predicted molar refractivity (Wildman–Crippen MR) is 119 cm³/mol. The van der Waals surface area contributed by atoms with Crippen molar-refractivity contribution in [1.82, 2.24) is 19.9 Å². The van der Waals surface area contributed by atoms with Gasteiger partial charge < -0.3 is 9.73 Å². The molecule has 1 aliphatic heterocycles. The first-order valence-electron chi connectivity index (χ1n) is 10.9. The van der Waals surface area contributed by atoms with Crippen LogP contribution in [0.15, 0.2) is 40.9 Å². The van der Waals surface area contributed by atoms with Crippen LogP contribution in [-0.4, -0.2) is 26.4 Å². The van der Waals surface area contributed by atoms with E-state index < -0.39 is 0 Å². The highest BCUT2D eigenvalue weighted by Crippen LogP contribution is 2.32. The number of nitriles is 1. The minimum Gasteiger partial charge on any atom is -0.465 e. The summed E-state index contributed by atoms with van der Waals surface area (Å²) in [6.45, 7) is 5.90. The number of aryl methyl sites for hydroxylation is 2. The molecular formula is C24H28N6O. The Kier molecular flexibility index (Phi) is 6.58. The molecule has 1 atom stereocenters. The van der Waals surface area contributed by atoms with Gasteiger partial charge in [-0.1, -0.05) is 13.3 Å². The molecule has 4 heterocycles. The third-order valence-corrected chi connectivity index (χ3v) is 5.54. The van der Waals surface area contributed by atoms with E-state index in [9.17, 15) is 0 Å². The molecule has 0 unspecified atom stereocenters. The van der Waals surface area contributed by atoms with Crippen LogP contribution in [0.1, 0.15) is 67.4 Å². The van der Waals surface area contributed by atoms with Crippen molar-refractivity contribution < 1.29 is 4.42 Å². The number of pyridine rings is 1. The van der Waals surface area contributed by atoms with E-state index in [1.165, 1.54) is 12.8 Å². The van der Waals surface area contributed by atoms with Gasteiger partial charge in [0, 0.05) is 12.5 Å². The number of rotatable bonds is 7. The molecule has 160 valence electrons. The van der Waals surface area contributed by atoms with Gasteiger partial charge in [0.2, 0.25) is 0 Å². The van der Waals surface area contributed by atoms with Gasteiger partial charge in [-0.2, -0.15) is 5.26 Å². The van der Waals surface area contributed by atoms with Gasteiger partial charge >= 0.3 is 0 Å². The number of anilines is 2. The largest absolute Gasteiger partial charge is 0.465 e. The van der Waals surface area contributed by atoms with E-state index in [4.69, 9.17) is 14.7 Å². The van der Waals surface area contributed by atoms with E-state index in [0.29, 0.717) is 5.69 Å². The molecule has 0 saturated carbocycles. The minimum atomic E-state index is 0.231. The van der Waals surface area contributed by atoms with Crippen LogP contribution in [0, 0.1) is 18.3 Å². The number of piperidine rings is 1. The Labute approximate surface area is 183 Å². The second-order valence-electron chi connectivity index (χ2n) is 7.99. The summed E-state index contributed by atoms with van der Waals surface area (Å²) in [5.74, 6) is 3.55. The summed E-state index contributed by atoms with van der Waals surface area (Å²) >= 11 is 0. The highest BCUT2D eigenvalue weighted by molar-refractivity contribution is 5.55. The number of likely N-dealkylation sites (tertiary alicyclic amines) is 1. The van der Waals surface area contributed by atoms with Crippen molar-refractivity contribution in [1.29, 1.82) is 5.26 Å². The minimum absolute atomic E-state index is 0.231. The molecule has 3 aromatic heterocycles. The summed E-state index contributed by atoms with van der Waals surface area (Å²) in [6.07, 6.45) is 7.15. The number of furan rings is 1. The molecule has 4 rings (SSSR count). The molecule has 3 aromatic rings. The van der Waals surface area contributed by atoms with Crippen molar-refractivity contribution in [2.75, 3.05) is 11.9 Å². The zero-order valence-corrected chi connectivity index (χ0v) is 18.1. The van der Waals surface area contributed by atoms with Gasteiger partial charge in [0.1, 0.15) is 34.9 Å². The molecule has 1 aliphatic rings. The van der Waals surface area contributed by atoms with E-state index in [1.807, 2.05) is 25.1 Å². The normalized spacial score (nSPS) is 16.7. The van der Waals surface area contributed by atoms with E-state index >= 15 is 0 Å². The van der Waals surface area contributed by atoms with Gasteiger partial charge in [-0.25, -0.2) is 15.0 Å². The molecule has 1 N–H and O–H groups in total. The van der Waals surface area contributed by atoms with Gasteiger partial charge in [-0.05, 0) is 57.0 Å². The molecule has 0 amide bonds. The van der Waals surface area contributed by atoms with Crippen LogP contribution in [0.3, 0.4) is 0 Å². The molecular weight excluding hydrogens is 388 g/mol. The lowest BCUT2D eigenvalue weighted by Crippen LogP contribution is -2.33. The van der Waals surface area contributed by atoms with Gasteiger partial charge in [-0.15, -0.1) is 0 Å². The topological polar surface area (TPSA) is 90.9 Å². The molecule has 0 radical (unpaired) electrons. The molecule has 31 heavy (non-hydrogen) atoms. The molecule has 0 aliphatic carbocycles. The zero-order chi connectivity index (χ0) is 21.6. The highest BCUT2D eigenvalue weighted by Gasteiger charge is 2.26. The van der Waals surface area contributed by atoms with Crippen LogP contribution in [0.4, 0.5) is 11.5 Å². The standard InChI is InChI=1S/C24H28N6O/c1-3-6-20-10-11-21(31-20)16-30-12-5-4-7-23(30)22-13-24(28-17(2)27-22)29-19-9-8-18(14-25)26-15-19/h8-11,13,15,23H,3-7,12,16H2,1-2H3,(H,27,28,29)/t23-/m1/s1. The molecule has 7 heteroatoms. The molecule has 7 nitrogen and oxygen atoms in total. The number of aromatic nitrogens is 3. The van der Waals surface area contributed by atoms with Crippen molar-refractivity contribution in [3.63, 3.8) is 0 Å². The van der Waals surface area contributed by atoms with Crippen LogP contribution in [0.25, 0.3) is 0 Å². The van der Waals surface area contributed by atoms with E-state index in [1.54, 1.807) is 12.3 Å². The summed E-state index contributed by atoms with van der Waals surface area (Å²) in [6, 6.07) is 12.0. The van der Waals surface area contributed by atoms with Crippen LogP contribution in [0.2, 0.25) is 0 Å². The van der Waals surface area contributed by atoms with Crippen LogP contribution in [-0.2, 0) is 13.0 Å². The van der Waals surface area contributed by atoms with Crippen molar-refractivity contribution >= 4 is 11.5 Å². The number of nitrogens with zero attached hydrogens (tertiary/aromatic N) is 5. The highest BCUT2D eigenvalue weighted by atomic mass is 16.3. The molecule has 1 fully saturated rings. The van der Waals surface area contributed by atoms with Crippen LogP contribution >= 0.6 is 0 Å². The third kappa shape index (κ3) is 5.28. The van der Waals surface area contributed by atoms with Crippen molar-refractivity contribution in [3.8, 4) is 6.07 Å². The Morgan fingerprint density at radius 2 is 2.06 bits per heavy atom. The van der Waals surface area contributed by atoms with Crippen LogP contribution < -0.4 is 5.32 Å². The first-order chi connectivity index (χ1) is 15.1. The van der Waals surface area contributed by atoms with Crippen molar-refractivity contribution in [2.45, 2.75) is 58.5 Å². The second-order valence-corrected chi connectivity index (χ2v) is 7.99. The molecule has 0 bridgehead atoms. The monoisotopic (exact) mass is 416 g/mol. The summed E-state index contributed by atoms with van der Waals surface area (Å²) in [4.78, 5) is 15.9. The lowest BCUT2D eigenvalue weighted by atomic mass is 9.98. The average Bonchev–Trinajstić information content (AvgIpc) is 3.21. The maximum atomic E-state index is 8.93. The smallest absolute Gasteiger partial charge is 0.140 e. The lowest BCUT2D eigenvalue weighted by molar-refractivity contribution is 0.126. The number of hydrogen-bond acceptors (Lipinski definition) is 7. The van der Waals surface area contributed by atoms with Crippen molar-refractivity contribution in [2.24, 2.45) is 0 Å². The summed E-state index contributed by atoms with van der Waals surface area (Å²) < 4.78 is 6.04. The second kappa shape index (κ2) is 9.71. The quantitative estimate of drug-likeness (QED) is 0.575. The Morgan fingerprint density at radius 1 is 1.19 bits per heavy atom. The first kappa shape index (κ1) is 21.0. The summed E-state index contributed by atoms with van der Waals surface area (Å²) in [5, 5.41) is 12.2. The van der Waals surface area contributed by atoms with Gasteiger partial charge in [0.15, 0.2) is 0 Å². The maximum Gasteiger partial charge on any atom is 0.140 e. The first-order valence-corrected chi connectivity index (χ1v) is 10.9. The Bertz CT molecular complexity index is 1050. The fourth-order valence-corrected chi connectivity index (χ4v) is 4.11. The van der Waals surface area contributed by atoms with Gasteiger partial charge in [-0.3, -0.25) is 4.90 Å². The Hall–Kier alpha value is -3.24. The Balaban J connectivity index is 1.53. The molecule has 1 saturated heterocycles. The summed E-state index contributed by atoms with van der Waals surface area (Å²) in [5.41, 5.74) is 2.21. The summed E-state index contributed by atoms with van der Waals surface area (Å²) in [7, 11) is 0. The van der Waals surface area contributed by atoms with Crippen LogP contribution in [0.5, 0.6) is 0 Å². The predicted octanol–water partition coefficient (Wildman–Crippen LogP) is 5.07. The van der Waals surface area contributed by atoms with Gasteiger partial charge in [0.25, 0.3) is 0 Å². The fourth-order valence-electron chi connectivity index (χ4n) is 4.11. The van der Waals surface area contributed by atoms with E-state index in [0.717, 1.165) is 66.9 Å². The van der Waals surface area contributed by atoms with E-state index in [-0.39, 0.29) is 6.04 Å². The number of nitrogens with one attached hydrogen (secondary N) is 1. The molecule has 0 aromatic carbocycles. The maximum absolute atomic E-state index is 8.93. The van der Waals surface area contributed by atoms with E-state index in [2.05, 4.69) is 39.2 Å². The molecule has 0 spiro atoms. The Morgan fingerprint density at radius 3 is 2.84 bits per heavy atom. The lowest BCUT2D eigenvalue weighted by Gasteiger charge is -2.35. The zero-order valence-electron chi connectivity index (χ0n) is 18.1. The average molecular weight is 417 g/mol. The van der Waals surface area contributed by atoms with Crippen molar-refractivity contribution in [3.05, 3.63) is 65.3 Å². The third-order valence-electron chi connectivity index (χ3n) is 5.54. The fraction of sp³-hybridized carbons (Fsp3) is 0.417. The number of hydrogen-bond donors (Lipinski definition) is 1.